The van der Waals surface area contributed by atoms with Crippen molar-refractivity contribution in [2.24, 2.45) is 5.92 Å². The Morgan fingerprint density at radius 1 is 1.16 bits per heavy atom. The average Bonchev–Trinajstić information content (AvgIpc) is 3.73. The third-order valence-corrected chi connectivity index (χ3v) is 8.53. The van der Waals surface area contributed by atoms with Crippen molar-refractivity contribution in [3.8, 4) is 10.4 Å². The van der Waals surface area contributed by atoms with Crippen molar-refractivity contribution in [2.45, 2.75) is 78.0 Å². The summed E-state index contributed by atoms with van der Waals surface area (Å²) in [7, 11) is 0. The Morgan fingerprint density at radius 3 is 2.58 bits per heavy atom. The maximum atomic E-state index is 13.8. The second-order valence-electron chi connectivity index (χ2n) is 11.3. The number of rotatable bonds is 16. The van der Waals surface area contributed by atoms with Crippen LogP contribution in [0.5, 0.6) is 0 Å². The summed E-state index contributed by atoms with van der Waals surface area (Å²) in [4.78, 5) is 34.0. The highest BCUT2D eigenvalue weighted by molar-refractivity contribution is 7.13. The van der Waals surface area contributed by atoms with Gasteiger partial charge < -0.3 is 29.3 Å². The second-order valence-corrected chi connectivity index (χ2v) is 12.2. The van der Waals surface area contributed by atoms with E-state index in [2.05, 4.69) is 22.4 Å². The fraction of sp³-hybridized carbons (Fsp3) is 0.562. The van der Waals surface area contributed by atoms with Crippen LogP contribution in [0.3, 0.4) is 0 Å². The number of aromatic nitrogens is 2. The molecule has 1 fully saturated rings. The van der Waals surface area contributed by atoms with Crippen LogP contribution in [-0.4, -0.2) is 77.1 Å². The number of thiazole rings is 1. The van der Waals surface area contributed by atoms with E-state index in [1.54, 1.807) is 11.3 Å². The Bertz CT molecular complexity index is 1310. The van der Waals surface area contributed by atoms with Gasteiger partial charge >= 0.3 is 0 Å². The molecular formula is C32H44N4O6S. The molecule has 0 spiro atoms. The van der Waals surface area contributed by atoms with E-state index in [0.29, 0.717) is 38.5 Å². The van der Waals surface area contributed by atoms with Crippen LogP contribution >= 0.6 is 11.3 Å². The largest absolute Gasteiger partial charge is 0.391 e. The summed E-state index contributed by atoms with van der Waals surface area (Å²) < 4.78 is 16.7. The Labute approximate surface area is 257 Å². The van der Waals surface area contributed by atoms with Crippen molar-refractivity contribution in [2.75, 3.05) is 33.0 Å². The number of carbonyl (C=O) groups is 2. The van der Waals surface area contributed by atoms with E-state index < -0.39 is 18.1 Å². The number of aliphatic hydroxyl groups excluding tert-OH is 1. The molecule has 3 atom stereocenters. The van der Waals surface area contributed by atoms with E-state index in [1.807, 2.05) is 56.6 Å². The van der Waals surface area contributed by atoms with Gasteiger partial charge in [-0.05, 0) is 43.2 Å². The van der Waals surface area contributed by atoms with Crippen LogP contribution in [0.2, 0.25) is 0 Å². The molecule has 1 unspecified atom stereocenters. The van der Waals surface area contributed by atoms with Crippen molar-refractivity contribution in [3.63, 3.8) is 0 Å². The van der Waals surface area contributed by atoms with E-state index >= 15 is 0 Å². The van der Waals surface area contributed by atoms with Crippen LogP contribution in [0.15, 0.2) is 40.4 Å². The first-order valence-corrected chi connectivity index (χ1v) is 16.0. The smallest absolute Gasteiger partial charge is 0.243 e. The van der Waals surface area contributed by atoms with E-state index in [9.17, 15) is 14.7 Å². The molecule has 0 radical (unpaired) electrons. The van der Waals surface area contributed by atoms with Gasteiger partial charge in [0.1, 0.15) is 17.7 Å². The van der Waals surface area contributed by atoms with Crippen LogP contribution in [0.25, 0.3) is 10.4 Å². The number of carbonyl (C=O) groups excluding carboxylic acids is 2. The van der Waals surface area contributed by atoms with Gasteiger partial charge in [-0.1, -0.05) is 50.2 Å². The highest BCUT2D eigenvalue weighted by Crippen LogP contribution is 2.32. The van der Waals surface area contributed by atoms with Crippen molar-refractivity contribution >= 4 is 23.2 Å². The van der Waals surface area contributed by atoms with Crippen LogP contribution in [0.4, 0.5) is 0 Å². The lowest BCUT2D eigenvalue weighted by atomic mass is 9.91. The zero-order valence-electron chi connectivity index (χ0n) is 25.6. The molecule has 43 heavy (non-hydrogen) atoms. The SMILES string of the molecule is CCCOCCOCCCc1cc(C(C(=O)N2C[C@H](O)C[C@H]2C(=O)NCc2ccc(-c3scnc3C)cc2)C(C)C)on1. The maximum Gasteiger partial charge on any atom is 0.243 e. The van der Waals surface area contributed by atoms with Gasteiger partial charge in [-0.15, -0.1) is 11.3 Å². The Hall–Kier alpha value is -3.12. The monoisotopic (exact) mass is 612 g/mol. The molecule has 2 N–H and O–H groups in total. The number of benzene rings is 1. The molecule has 1 aliphatic heterocycles. The van der Waals surface area contributed by atoms with E-state index in [1.165, 1.54) is 4.90 Å². The van der Waals surface area contributed by atoms with E-state index in [0.717, 1.165) is 46.8 Å². The highest BCUT2D eigenvalue weighted by atomic mass is 32.1. The average molecular weight is 613 g/mol. The minimum absolute atomic E-state index is 0.0955. The van der Waals surface area contributed by atoms with Gasteiger partial charge in [0.05, 0.1) is 41.1 Å². The molecule has 1 saturated heterocycles. The van der Waals surface area contributed by atoms with Gasteiger partial charge in [0, 0.05) is 38.8 Å². The molecule has 0 aliphatic carbocycles. The number of hydrogen-bond donors (Lipinski definition) is 2. The lowest BCUT2D eigenvalue weighted by molar-refractivity contribution is -0.141. The number of aryl methyl sites for hydroxylation is 2. The standard InChI is InChI=1S/C32H44N4O6S/c1-5-12-40-14-15-41-13-6-7-25-16-28(42-35-25)29(21(2)3)32(39)36-19-26(37)17-27(36)31(38)33-18-23-8-10-24(11-9-23)30-22(4)34-20-43-30/h8-11,16,20-21,26-27,29,37H,5-7,12-15,17-19H2,1-4H3,(H,33,38)/t26-,27+,29?/m1/s1. The maximum absolute atomic E-state index is 13.8. The van der Waals surface area contributed by atoms with Gasteiger partial charge in [0.25, 0.3) is 0 Å². The Balaban J connectivity index is 1.32. The van der Waals surface area contributed by atoms with E-state index in [4.69, 9.17) is 14.0 Å². The molecule has 0 saturated carbocycles. The van der Waals surface area contributed by atoms with Crippen LogP contribution in [-0.2, 0) is 32.0 Å². The number of ether oxygens (including phenoxy) is 2. The molecule has 2 aromatic heterocycles. The summed E-state index contributed by atoms with van der Waals surface area (Å²) in [5.41, 5.74) is 5.61. The summed E-state index contributed by atoms with van der Waals surface area (Å²) in [6.07, 6.45) is 1.85. The normalized spacial score (nSPS) is 17.5. The number of likely N-dealkylation sites (tertiary alicyclic amines) is 1. The first-order valence-electron chi connectivity index (χ1n) is 15.1. The predicted octanol–water partition coefficient (Wildman–Crippen LogP) is 4.50. The summed E-state index contributed by atoms with van der Waals surface area (Å²) in [6.45, 7) is 10.8. The number of nitrogens with zero attached hydrogens (tertiary/aromatic N) is 3. The molecule has 3 heterocycles. The fourth-order valence-electron chi connectivity index (χ4n) is 5.29. The minimum atomic E-state index is -0.771. The number of β-amino-alcohol motifs (C(OH)–C–C–N with tert-alkyl or cyclic N) is 1. The molecule has 11 heteroatoms. The van der Waals surface area contributed by atoms with Gasteiger partial charge in [-0.2, -0.15) is 0 Å². The number of hydrogen-bond acceptors (Lipinski definition) is 9. The molecule has 3 aromatic rings. The van der Waals surface area contributed by atoms with Crippen molar-refractivity contribution in [1.29, 1.82) is 0 Å². The lowest BCUT2D eigenvalue weighted by Crippen LogP contribution is -2.48. The Morgan fingerprint density at radius 2 is 1.91 bits per heavy atom. The number of amides is 2. The van der Waals surface area contributed by atoms with Gasteiger partial charge in [-0.25, -0.2) is 4.98 Å². The highest BCUT2D eigenvalue weighted by Gasteiger charge is 2.43. The quantitative estimate of drug-likeness (QED) is 0.227. The van der Waals surface area contributed by atoms with Gasteiger partial charge in [-0.3, -0.25) is 9.59 Å². The van der Waals surface area contributed by atoms with E-state index in [-0.39, 0.29) is 30.7 Å². The van der Waals surface area contributed by atoms with Crippen LogP contribution in [0, 0.1) is 12.8 Å². The number of nitrogens with one attached hydrogen (secondary N) is 1. The predicted molar refractivity (Wildman–Crippen MR) is 165 cm³/mol. The van der Waals surface area contributed by atoms with Crippen molar-refractivity contribution in [3.05, 3.63) is 58.6 Å². The molecule has 1 aromatic carbocycles. The Kier molecular flexibility index (Phi) is 12.3. The summed E-state index contributed by atoms with van der Waals surface area (Å²) >= 11 is 1.60. The molecule has 4 rings (SSSR count). The fourth-order valence-corrected chi connectivity index (χ4v) is 6.11. The summed E-state index contributed by atoms with van der Waals surface area (Å²) in [5.74, 6) is -0.763. The third kappa shape index (κ3) is 8.95. The summed E-state index contributed by atoms with van der Waals surface area (Å²) in [6, 6.07) is 9.06. The molecule has 0 bridgehead atoms. The second kappa shape index (κ2) is 16.1. The lowest BCUT2D eigenvalue weighted by Gasteiger charge is -2.28. The molecule has 234 valence electrons. The zero-order chi connectivity index (χ0) is 30.8. The topological polar surface area (TPSA) is 127 Å². The molecular weight excluding hydrogens is 568 g/mol. The van der Waals surface area contributed by atoms with Gasteiger partial charge in [0.2, 0.25) is 11.8 Å². The van der Waals surface area contributed by atoms with Crippen LogP contribution in [0.1, 0.15) is 68.7 Å². The zero-order valence-corrected chi connectivity index (χ0v) is 26.4. The molecule has 2 amide bonds. The first kappa shape index (κ1) is 32.8. The molecule has 10 nitrogen and oxygen atoms in total. The van der Waals surface area contributed by atoms with Gasteiger partial charge in [0.15, 0.2) is 0 Å². The van der Waals surface area contributed by atoms with Crippen molar-refractivity contribution < 1.29 is 28.7 Å². The minimum Gasteiger partial charge on any atom is -0.391 e. The third-order valence-electron chi connectivity index (χ3n) is 7.55. The number of aliphatic hydroxyl groups is 1. The molecule has 1 aliphatic rings. The first-order chi connectivity index (χ1) is 20.8. The van der Waals surface area contributed by atoms with Crippen molar-refractivity contribution in [1.82, 2.24) is 20.4 Å². The summed E-state index contributed by atoms with van der Waals surface area (Å²) in [5, 5.41) is 17.6. The van der Waals surface area contributed by atoms with Crippen LogP contribution < -0.4 is 5.32 Å².